The Balaban J connectivity index is 2.52. The lowest BCUT2D eigenvalue weighted by Crippen LogP contribution is -2.25. The molecule has 0 spiro atoms. The number of carbonyl (C=O) groups excluding carboxylic acids is 2. The molecule has 0 aliphatic rings. The Labute approximate surface area is 119 Å². The normalized spacial score (nSPS) is 11.3. The lowest BCUT2D eigenvalue weighted by Gasteiger charge is -2.07. The Hall–Kier alpha value is -2.42. The molecule has 0 unspecified atom stereocenters. The predicted molar refractivity (Wildman–Crippen MR) is 81.9 cm³/mol. The number of amides is 1. The zero-order valence-electron chi connectivity index (χ0n) is 11.6. The molecule has 0 aromatic heterocycles. The van der Waals surface area contributed by atoms with Crippen LogP contribution in [0.2, 0.25) is 0 Å². The summed E-state index contributed by atoms with van der Waals surface area (Å²) in [6.45, 7) is 6.13. The van der Waals surface area contributed by atoms with Crippen LogP contribution in [-0.2, 0) is 0 Å². The van der Waals surface area contributed by atoms with Crippen LogP contribution in [0.1, 0.15) is 34.1 Å². The van der Waals surface area contributed by atoms with Gasteiger partial charge in [-0.2, -0.15) is 0 Å². The van der Waals surface area contributed by atoms with Crippen LogP contribution in [0.5, 0.6) is 0 Å². The maximum absolute atomic E-state index is 11.9. The molecule has 1 amide bonds. The number of nitrogens with one attached hydrogen (secondary N) is 1. The summed E-state index contributed by atoms with van der Waals surface area (Å²) < 4.78 is 0. The van der Waals surface area contributed by atoms with Gasteiger partial charge in [-0.05, 0) is 19.4 Å². The number of allylic oxidation sites excluding steroid dienone is 4. The fourth-order valence-electron chi connectivity index (χ4n) is 1.66. The molecule has 3 heteroatoms. The van der Waals surface area contributed by atoms with Crippen LogP contribution < -0.4 is 5.32 Å². The van der Waals surface area contributed by atoms with Crippen molar-refractivity contribution in [3.05, 3.63) is 71.8 Å². The van der Waals surface area contributed by atoms with Crippen LogP contribution in [0.25, 0.3) is 0 Å². The highest BCUT2D eigenvalue weighted by Crippen LogP contribution is 2.06. The van der Waals surface area contributed by atoms with Gasteiger partial charge in [0, 0.05) is 17.7 Å². The van der Waals surface area contributed by atoms with Crippen molar-refractivity contribution in [2.24, 2.45) is 0 Å². The van der Waals surface area contributed by atoms with Crippen LogP contribution >= 0.6 is 0 Å². The van der Waals surface area contributed by atoms with Gasteiger partial charge in [0.1, 0.15) is 0 Å². The van der Waals surface area contributed by atoms with Gasteiger partial charge in [0.25, 0.3) is 5.91 Å². The van der Waals surface area contributed by atoms with E-state index in [1.54, 1.807) is 30.3 Å². The second-order valence-electron chi connectivity index (χ2n) is 4.34. The van der Waals surface area contributed by atoms with Crippen LogP contribution in [0.4, 0.5) is 0 Å². The molecule has 1 aromatic carbocycles. The molecule has 104 valence electrons. The lowest BCUT2D eigenvalue weighted by atomic mass is 10.1. The molecular weight excluding hydrogens is 250 g/mol. The smallest absolute Gasteiger partial charge is 0.252 e. The Morgan fingerprint density at radius 1 is 1.30 bits per heavy atom. The molecule has 1 aromatic rings. The zero-order valence-corrected chi connectivity index (χ0v) is 11.6. The van der Waals surface area contributed by atoms with Gasteiger partial charge in [0.2, 0.25) is 0 Å². The van der Waals surface area contributed by atoms with E-state index in [0.29, 0.717) is 24.0 Å². The van der Waals surface area contributed by atoms with E-state index in [1.165, 1.54) is 0 Å². The number of hydrogen-bond acceptors (Lipinski definition) is 2. The van der Waals surface area contributed by atoms with Crippen molar-refractivity contribution < 1.29 is 9.59 Å². The first-order valence-electron chi connectivity index (χ1n) is 6.46. The first-order valence-corrected chi connectivity index (χ1v) is 6.46. The van der Waals surface area contributed by atoms with E-state index in [4.69, 9.17) is 0 Å². The van der Waals surface area contributed by atoms with Crippen molar-refractivity contribution in [3.63, 3.8) is 0 Å². The van der Waals surface area contributed by atoms with E-state index in [9.17, 15) is 9.59 Å². The summed E-state index contributed by atoms with van der Waals surface area (Å²) in [5, 5.41) is 2.81. The third-order valence-electron chi connectivity index (χ3n) is 2.77. The third-order valence-corrected chi connectivity index (χ3v) is 2.77. The van der Waals surface area contributed by atoms with Gasteiger partial charge in [0.05, 0.1) is 0 Å². The number of rotatable bonds is 7. The average Bonchev–Trinajstić information content (AvgIpc) is 2.47. The van der Waals surface area contributed by atoms with Crippen molar-refractivity contribution in [1.29, 1.82) is 0 Å². The van der Waals surface area contributed by atoms with Crippen molar-refractivity contribution in [2.75, 3.05) is 6.54 Å². The molecular formula is C17H19NO2. The molecule has 0 aliphatic heterocycles. The van der Waals surface area contributed by atoms with Crippen molar-refractivity contribution in [3.8, 4) is 0 Å². The molecule has 1 rings (SSSR count). The molecule has 0 radical (unpaired) electrons. The largest absolute Gasteiger partial charge is 0.352 e. The van der Waals surface area contributed by atoms with Gasteiger partial charge in [0.15, 0.2) is 6.29 Å². The topological polar surface area (TPSA) is 46.2 Å². The maximum Gasteiger partial charge on any atom is 0.252 e. The fourth-order valence-corrected chi connectivity index (χ4v) is 1.66. The molecule has 0 heterocycles. The van der Waals surface area contributed by atoms with E-state index in [0.717, 1.165) is 12.0 Å². The quantitative estimate of drug-likeness (QED) is 0.609. The molecule has 0 atom stereocenters. The molecule has 20 heavy (non-hydrogen) atoms. The number of hydrogen-bond donors (Lipinski definition) is 1. The minimum Gasteiger partial charge on any atom is -0.352 e. The maximum atomic E-state index is 11.9. The van der Waals surface area contributed by atoms with Gasteiger partial charge >= 0.3 is 0 Å². The van der Waals surface area contributed by atoms with E-state index >= 15 is 0 Å². The van der Waals surface area contributed by atoms with Crippen LogP contribution in [0.3, 0.4) is 0 Å². The average molecular weight is 269 g/mol. The van der Waals surface area contributed by atoms with Crippen LogP contribution in [-0.4, -0.2) is 18.7 Å². The Morgan fingerprint density at radius 2 is 2.05 bits per heavy atom. The second-order valence-corrected chi connectivity index (χ2v) is 4.34. The fraction of sp³-hybridized carbons (Fsp3) is 0.176. The summed E-state index contributed by atoms with van der Waals surface area (Å²) in [4.78, 5) is 22.8. The van der Waals surface area contributed by atoms with Gasteiger partial charge in [-0.15, -0.1) is 0 Å². The highest BCUT2D eigenvalue weighted by molar-refractivity contribution is 6.01. The number of carbonyl (C=O) groups is 2. The highest BCUT2D eigenvalue weighted by Gasteiger charge is 2.09. The van der Waals surface area contributed by atoms with E-state index < -0.39 is 0 Å². The van der Waals surface area contributed by atoms with E-state index in [-0.39, 0.29) is 5.91 Å². The SMILES string of the molecule is C=C/C=C\C=C(/C)CCNC(=O)c1ccccc1C=O. The van der Waals surface area contributed by atoms with Gasteiger partial charge in [-0.1, -0.05) is 54.7 Å². The molecule has 0 bridgehead atoms. The molecule has 0 fully saturated rings. The minimum atomic E-state index is -0.220. The van der Waals surface area contributed by atoms with Gasteiger partial charge in [-0.25, -0.2) is 0 Å². The first-order chi connectivity index (χ1) is 9.69. The molecule has 0 aliphatic carbocycles. The third kappa shape index (κ3) is 5.06. The van der Waals surface area contributed by atoms with Crippen molar-refractivity contribution in [2.45, 2.75) is 13.3 Å². The monoisotopic (exact) mass is 269 g/mol. The molecule has 0 saturated carbocycles. The summed E-state index contributed by atoms with van der Waals surface area (Å²) >= 11 is 0. The summed E-state index contributed by atoms with van der Waals surface area (Å²) in [6, 6.07) is 6.76. The minimum absolute atomic E-state index is 0.220. The van der Waals surface area contributed by atoms with Gasteiger partial charge < -0.3 is 5.32 Å². The summed E-state index contributed by atoms with van der Waals surface area (Å²) in [6.07, 6.45) is 8.90. The number of benzene rings is 1. The van der Waals surface area contributed by atoms with E-state index in [1.807, 2.05) is 25.2 Å². The first kappa shape index (κ1) is 15.6. The van der Waals surface area contributed by atoms with E-state index in [2.05, 4.69) is 11.9 Å². The highest BCUT2D eigenvalue weighted by atomic mass is 16.1. The summed E-state index contributed by atoms with van der Waals surface area (Å²) in [7, 11) is 0. The lowest BCUT2D eigenvalue weighted by molar-refractivity contribution is 0.0948. The van der Waals surface area contributed by atoms with Crippen molar-refractivity contribution >= 4 is 12.2 Å². The molecule has 3 nitrogen and oxygen atoms in total. The number of aldehydes is 1. The zero-order chi connectivity index (χ0) is 14.8. The molecule has 0 saturated heterocycles. The van der Waals surface area contributed by atoms with Gasteiger partial charge in [-0.3, -0.25) is 9.59 Å². The Morgan fingerprint density at radius 3 is 2.75 bits per heavy atom. The second kappa shape index (κ2) is 8.64. The predicted octanol–water partition coefficient (Wildman–Crippen LogP) is 3.31. The Bertz CT molecular complexity index is 542. The standard InChI is InChI=1S/C17H19NO2/c1-3-4-5-8-14(2)11-12-18-17(20)16-10-7-6-9-15(16)13-19/h3-10,13H,1,11-12H2,2H3,(H,18,20)/b5-4-,14-8+. The van der Waals surface area contributed by atoms with Crippen LogP contribution in [0.15, 0.2) is 60.7 Å². The van der Waals surface area contributed by atoms with Crippen molar-refractivity contribution in [1.82, 2.24) is 5.32 Å². The summed E-state index contributed by atoms with van der Waals surface area (Å²) in [5.41, 5.74) is 1.98. The van der Waals surface area contributed by atoms with Crippen LogP contribution in [0, 0.1) is 0 Å². The Kier molecular flexibility index (Phi) is 6.76. The summed E-state index contributed by atoms with van der Waals surface area (Å²) in [5.74, 6) is -0.220. The molecule has 1 N–H and O–H groups in total.